The first-order valence-electron chi connectivity index (χ1n) is 11.3. The topological polar surface area (TPSA) is 61.7 Å². The van der Waals surface area contributed by atoms with Crippen LogP contribution in [0.15, 0.2) is 16.8 Å². The van der Waals surface area contributed by atoms with Crippen molar-refractivity contribution in [3.63, 3.8) is 0 Å². The smallest absolute Gasteiger partial charge is 0.224 e. The van der Waals surface area contributed by atoms with Crippen LogP contribution >= 0.6 is 0 Å². The van der Waals surface area contributed by atoms with Gasteiger partial charge < -0.3 is 10.5 Å². The third kappa shape index (κ3) is 3.02. The van der Waals surface area contributed by atoms with Crippen molar-refractivity contribution in [2.45, 2.75) is 91.5 Å². The summed E-state index contributed by atoms with van der Waals surface area (Å²) >= 11 is 0. The van der Waals surface area contributed by atoms with Crippen LogP contribution in [0.1, 0.15) is 86.0 Å². The van der Waals surface area contributed by atoms with Crippen molar-refractivity contribution in [3.8, 4) is 0 Å². The lowest BCUT2D eigenvalue weighted by atomic mass is 9.47. The van der Waals surface area contributed by atoms with Gasteiger partial charge in [0.15, 0.2) is 0 Å². The predicted molar refractivity (Wildman–Crippen MR) is 112 cm³/mol. The van der Waals surface area contributed by atoms with Gasteiger partial charge in [0, 0.05) is 11.5 Å². The molecule has 0 bridgehead atoms. The van der Waals surface area contributed by atoms with Crippen LogP contribution in [0, 0.1) is 34.5 Å². The van der Waals surface area contributed by atoms with Crippen molar-refractivity contribution in [3.05, 3.63) is 11.6 Å². The molecule has 0 aliphatic heterocycles. The molecule has 0 aromatic carbocycles. The molecule has 4 heteroatoms. The second-order valence-corrected chi connectivity index (χ2v) is 11.5. The lowest BCUT2D eigenvalue weighted by Crippen LogP contribution is -2.53. The molecule has 0 aromatic heterocycles. The Kier molecular flexibility index (Phi) is 4.71. The third-order valence-corrected chi connectivity index (χ3v) is 8.92. The van der Waals surface area contributed by atoms with Gasteiger partial charge in [-0.05, 0) is 107 Å². The molecule has 1 amide bonds. The molecule has 156 valence electrons. The average Bonchev–Trinajstić information content (AvgIpc) is 2.97. The van der Waals surface area contributed by atoms with Gasteiger partial charge in [-0.2, -0.15) is 0 Å². The number of nitrogens with zero attached hydrogens (tertiary/aromatic N) is 1. The number of nitrogens with one attached hydrogen (secondary N) is 1. The summed E-state index contributed by atoms with van der Waals surface area (Å²) in [5.74, 6) is 2.58. The van der Waals surface area contributed by atoms with Crippen LogP contribution in [-0.2, 0) is 4.79 Å². The molecule has 0 aromatic rings. The van der Waals surface area contributed by atoms with E-state index >= 15 is 0 Å². The van der Waals surface area contributed by atoms with Gasteiger partial charge in [0.25, 0.3) is 0 Å². The van der Waals surface area contributed by atoms with E-state index in [9.17, 15) is 10.0 Å². The number of carbonyl (C=O) groups excluding carboxylic acids is 1. The zero-order valence-electron chi connectivity index (χ0n) is 18.3. The minimum Gasteiger partial charge on any atom is -0.411 e. The molecular weight excluding hydrogens is 348 g/mol. The van der Waals surface area contributed by atoms with Crippen LogP contribution in [0.3, 0.4) is 0 Å². The summed E-state index contributed by atoms with van der Waals surface area (Å²) in [5.41, 5.74) is 2.61. The molecule has 28 heavy (non-hydrogen) atoms. The number of fused-ring (bicyclic) bond motifs is 5. The molecule has 2 N–H and O–H groups in total. The van der Waals surface area contributed by atoms with Gasteiger partial charge in [-0.3, -0.25) is 4.79 Å². The molecule has 4 aliphatic carbocycles. The van der Waals surface area contributed by atoms with Crippen LogP contribution < -0.4 is 5.32 Å². The van der Waals surface area contributed by atoms with Crippen molar-refractivity contribution >= 4 is 11.6 Å². The van der Waals surface area contributed by atoms with Gasteiger partial charge in [-0.15, -0.1) is 0 Å². The molecular formula is C24H38N2O2. The number of allylic oxidation sites excluding steroid dienone is 2. The monoisotopic (exact) mass is 386 g/mol. The number of hydrogen-bond acceptors (Lipinski definition) is 3. The van der Waals surface area contributed by atoms with Crippen molar-refractivity contribution in [2.24, 2.45) is 39.7 Å². The highest BCUT2D eigenvalue weighted by Gasteiger charge is 2.60. The second-order valence-electron chi connectivity index (χ2n) is 11.5. The van der Waals surface area contributed by atoms with Crippen LogP contribution in [0.5, 0.6) is 0 Å². The summed E-state index contributed by atoms with van der Waals surface area (Å²) in [6.45, 7) is 11.1. The minimum absolute atomic E-state index is 0.153. The van der Waals surface area contributed by atoms with Gasteiger partial charge in [-0.1, -0.05) is 24.6 Å². The lowest BCUT2D eigenvalue weighted by Gasteiger charge is -2.58. The fraction of sp³-hybridized carbons (Fsp3) is 0.833. The third-order valence-electron chi connectivity index (χ3n) is 8.92. The maximum absolute atomic E-state index is 13.1. The molecule has 4 nitrogen and oxygen atoms in total. The summed E-state index contributed by atoms with van der Waals surface area (Å²) in [6, 6.07) is 0. The number of hydrogen-bond donors (Lipinski definition) is 2. The summed E-state index contributed by atoms with van der Waals surface area (Å²) in [6.07, 6.45) is 11.2. The summed E-state index contributed by atoms with van der Waals surface area (Å²) in [7, 11) is 0. The number of rotatable bonds is 1. The first kappa shape index (κ1) is 20.0. The van der Waals surface area contributed by atoms with Crippen molar-refractivity contribution < 1.29 is 10.0 Å². The maximum atomic E-state index is 13.1. The van der Waals surface area contributed by atoms with Gasteiger partial charge in [0.1, 0.15) is 0 Å². The fourth-order valence-corrected chi connectivity index (χ4v) is 7.54. The van der Waals surface area contributed by atoms with Crippen LogP contribution in [0.25, 0.3) is 0 Å². The standard InChI is InChI=1S/C24H38N2O2/c1-22(2,3)25-21(27)20-9-8-18-17-7-6-15-14-16(26-28)10-12-23(15,4)19(17)11-13-24(18,20)5/h14,17-20,28H,6-13H2,1-5H3,(H,25,27)/t17-,18-,19-,20+,23-,24-/m0/s1. The Bertz CT molecular complexity index is 719. The van der Waals surface area contributed by atoms with Gasteiger partial charge in [-0.25, -0.2) is 0 Å². The zero-order chi connectivity index (χ0) is 20.3. The molecule has 0 unspecified atom stereocenters. The van der Waals surface area contributed by atoms with E-state index in [0.717, 1.165) is 43.2 Å². The molecule has 6 atom stereocenters. The molecule has 3 fully saturated rings. The Balaban J connectivity index is 1.58. The van der Waals surface area contributed by atoms with Crippen molar-refractivity contribution in [1.82, 2.24) is 5.32 Å². The molecule has 4 rings (SSSR count). The number of oxime groups is 1. The first-order valence-corrected chi connectivity index (χ1v) is 11.3. The predicted octanol–water partition coefficient (Wildman–Crippen LogP) is 5.31. The molecule has 4 aliphatic rings. The fourth-order valence-electron chi connectivity index (χ4n) is 7.54. The Morgan fingerprint density at radius 2 is 1.86 bits per heavy atom. The number of amides is 1. The first-order chi connectivity index (χ1) is 13.1. The van der Waals surface area contributed by atoms with E-state index in [1.54, 1.807) is 0 Å². The molecule has 0 saturated heterocycles. The Morgan fingerprint density at radius 1 is 1.11 bits per heavy atom. The molecule has 0 radical (unpaired) electrons. The van der Waals surface area contributed by atoms with E-state index in [2.05, 4.69) is 51.2 Å². The van der Waals surface area contributed by atoms with Gasteiger partial charge >= 0.3 is 0 Å². The zero-order valence-corrected chi connectivity index (χ0v) is 18.3. The van der Waals surface area contributed by atoms with E-state index in [0.29, 0.717) is 5.92 Å². The molecule has 0 spiro atoms. The van der Waals surface area contributed by atoms with E-state index in [1.165, 1.54) is 31.3 Å². The minimum atomic E-state index is -0.158. The second kappa shape index (κ2) is 6.60. The molecule has 3 saturated carbocycles. The summed E-state index contributed by atoms with van der Waals surface area (Å²) < 4.78 is 0. The Hall–Kier alpha value is -1.32. The Morgan fingerprint density at radius 3 is 2.54 bits per heavy atom. The average molecular weight is 387 g/mol. The van der Waals surface area contributed by atoms with E-state index in [4.69, 9.17) is 0 Å². The van der Waals surface area contributed by atoms with Crippen LogP contribution in [0.4, 0.5) is 0 Å². The summed E-state index contributed by atoms with van der Waals surface area (Å²) in [5, 5.41) is 16.0. The van der Waals surface area contributed by atoms with Gasteiger partial charge in [0.2, 0.25) is 5.91 Å². The van der Waals surface area contributed by atoms with Crippen molar-refractivity contribution in [1.29, 1.82) is 0 Å². The van der Waals surface area contributed by atoms with Gasteiger partial charge in [0.05, 0.1) is 5.71 Å². The highest BCUT2D eigenvalue weighted by Crippen LogP contribution is 2.66. The van der Waals surface area contributed by atoms with E-state index < -0.39 is 0 Å². The van der Waals surface area contributed by atoms with E-state index in [1.807, 2.05) is 0 Å². The largest absolute Gasteiger partial charge is 0.411 e. The number of carbonyl (C=O) groups is 1. The maximum Gasteiger partial charge on any atom is 0.224 e. The van der Waals surface area contributed by atoms with Crippen molar-refractivity contribution in [2.75, 3.05) is 0 Å². The molecule has 0 heterocycles. The highest BCUT2D eigenvalue weighted by molar-refractivity contribution is 5.96. The SMILES string of the molecule is CC(C)(C)NC(=O)[C@H]1CC[C@H]2[C@@H]3CCC4=CC(=NO)CC[C@]4(C)[C@H]3CC[C@]12C. The summed E-state index contributed by atoms with van der Waals surface area (Å²) in [4.78, 5) is 13.1. The van der Waals surface area contributed by atoms with E-state index in [-0.39, 0.29) is 28.2 Å². The lowest BCUT2D eigenvalue weighted by molar-refractivity contribution is -0.133. The van der Waals surface area contributed by atoms with Crippen LogP contribution in [0.2, 0.25) is 0 Å². The Labute approximate surface area is 170 Å². The van der Waals surface area contributed by atoms with Crippen LogP contribution in [-0.4, -0.2) is 22.4 Å². The normalized spacial score (nSPS) is 44.3. The highest BCUT2D eigenvalue weighted by atomic mass is 16.4. The quantitative estimate of drug-likeness (QED) is 0.474.